The number of urea groups is 1. The summed E-state index contributed by atoms with van der Waals surface area (Å²) in [4.78, 5) is 40.9. The average Bonchev–Trinajstić information content (AvgIpc) is 3.43. The lowest BCUT2D eigenvalue weighted by molar-refractivity contribution is -0.143. The van der Waals surface area contributed by atoms with E-state index in [9.17, 15) is 14.4 Å². The largest absolute Gasteiger partial charge is 0.341 e. The zero-order valence-electron chi connectivity index (χ0n) is 18.6. The molecule has 1 aromatic heterocycles. The van der Waals surface area contributed by atoms with E-state index >= 15 is 0 Å². The number of aromatic nitrogens is 2. The van der Waals surface area contributed by atoms with Crippen LogP contribution in [0.2, 0.25) is 0 Å². The van der Waals surface area contributed by atoms with Gasteiger partial charge in [-0.15, -0.1) is 0 Å². The van der Waals surface area contributed by atoms with E-state index in [2.05, 4.69) is 15.7 Å². The fraction of sp³-hybridized carbons (Fsp3) is 0.478. The molecule has 0 radical (unpaired) electrons. The number of nitrogens with one attached hydrogen (secondary N) is 2. The summed E-state index contributed by atoms with van der Waals surface area (Å²) in [6.07, 6.45) is 4.50. The van der Waals surface area contributed by atoms with Crippen LogP contribution in [0.3, 0.4) is 0 Å². The first kappa shape index (κ1) is 21.9. The second kappa shape index (κ2) is 9.42. The van der Waals surface area contributed by atoms with Crippen molar-refractivity contribution in [3.8, 4) is 0 Å². The molecule has 1 aromatic carbocycles. The van der Waals surface area contributed by atoms with Gasteiger partial charge in [0, 0.05) is 37.8 Å². The van der Waals surface area contributed by atoms with Crippen molar-refractivity contribution in [2.24, 2.45) is 0 Å². The second-order valence-corrected chi connectivity index (χ2v) is 8.48. The number of carbonyl (C=O) groups is 3. The van der Waals surface area contributed by atoms with Gasteiger partial charge in [0.25, 0.3) is 0 Å². The molecular formula is C23H30N6O3. The van der Waals surface area contributed by atoms with E-state index in [4.69, 9.17) is 0 Å². The number of aryl methyl sites for hydroxylation is 1. The molecule has 0 spiro atoms. The van der Waals surface area contributed by atoms with Gasteiger partial charge in [0.15, 0.2) is 0 Å². The van der Waals surface area contributed by atoms with Gasteiger partial charge in [0.05, 0.1) is 12.2 Å². The van der Waals surface area contributed by atoms with Gasteiger partial charge in [0.1, 0.15) is 11.9 Å². The molecule has 4 rings (SSSR count). The van der Waals surface area contributed by atoms with Gasteiger partial charge in [-0.3, -0.25) is 14.9 Å². The highest BCUT2D eigenvalue weighted by atomic mass is 16.2. The van der Waals surface area contributed by atoms with E-state index in [0.717, 1.165) is 30.5 Å². The maximum atomic E-state index is 12.9. The first-order valence-corrected chi connectivity index (χ1v) is 11.2. The van der Waals surface area contributed by atoms with Crippen LogP contribution in [0.25, 0.3) is 0 Å². The third-order valence-electron chi connectivity index (χ3n) is 6.36. The highest BCUT2D eigenvalue weighted by molar-refractivity contribution is 5.99. The van der Waals surface area contributed by atoms with Crippen molar-refractivity contribution in [1.29, 1.82) is 0 Å². The van der Waals surface area contributed by atoms with E-state index in [-0.39, 0.29) is 23.9 Å². The van der Waals surface area contributed by atoms with Crippen molar-refractivity contribution in [2.45, 2.75) is 51.6 Å². The molecule has 4 amide bonds. The first-order chi connectivity index (χ1) is 15.4. The fourth-order valence-corrected chi connectivity index (χ4v) is 4.49. The van der Waals surface area contributed by atoms with Gasteiger partial charge in [-0.05, 0) is 44.7 Å². The van der Waals surface area contributed by atoms with Gasteiger partial charge < -0.3 is 15.1 Å². The number of carbonyl (C=O) groups excluding carboxylic acids is 3. The summed E-state index contributed by atoms with van der Waals surface area (Å²) in [6, 6.07) is 8.73. The second-order valence-electron chi connectivity index (χ2n) is 8.48. The van der Waals surface area contributed by atoms with Crippen molar-refractivity contribution in [3.05, 3.63) is 42.1 Å². The van der Waals surface area contributed by atoms with E-state index < -0.39 is 6.04 Å². The third-order valence-corrected chi connectivity index (χ3v) is 6.36. The minimum absolute atomic E-state index is 0.00937. The lowest BCUT2D eigenvalue weighted by atomic mass is 10.0. The molecule has 9 nitrogen and oxygen atoms in total. The Labute approximate surface area is 187 Å². The van der Waals surface area contributed by atoms with E-state index in [1.165, 1.54) is 0 Å². The molecule has 0 bridgehead atoms. The molecule has 170 valence electrons. The number of rotatable bonds is 5. The molecule has 2 N–H and O–H groups in total. The minimum atomic E-state index is -0.409. The van der Waals surface area contributed by atoms with Crippen LogP contribution < -0.4 is 10.6 Å². The van der Waals surface area contributed by atoms with Crippen LogP contribution in [0.15, 0.2) is 36.5 Å². The first-order valence-electron chi connectivity index (χ1n) is 11.2. The molecule has 9 heteroatoms. The summed E-state index contributed by atoms with van der Waals surface area (Å²) in [5.74, 6) is 0.698. The Morgan fingerprint density at radius 1 is 1.09 bits per heavy atom. The van der Waals surface area contributed by atoms with Crippen LogP contribution in [0.1, 0.15) is 44.2 Å². The molecule has 2 fully saturated rings. The molecule has 0 aliphatic carbocycles. The smallest absolute Gasteiger partial charge is 0.324 e. The van der Waals surface area contributed by atoms with Crippen molar-refractivity contribution in [2.75, 3.05) is 30.3 Å². The number of amides is 4. The molecule has 2 saturated heterocycles. The SMILES string of the molecule is Cc1ccccc1NC(=O)Nc1ccnn1C1CCN(C(=O)[C@@H](C)N2CCCC2=O)CC1. The fourth-order valence-electron chi connectivity index (χ4n) is 4.49. The number of hydrogen-bond acceptors (Lipinski definition) is 4. The molecule has 2 aliphatic heterocycles. The van der Waals surface area contributed by atoms with Crippen molar-refractivity contribution >= 4 is 29.4 Å². The molecule has 0 unspecified atom stereocenters. The van der Waals surface area contributed by atoms with Crippen LogP contribution in [0.4, 0.5) is 16.3 Å². The number of nitrogens with zero attached hydrogens (tertiary/aromatic N) is 4. The van der Waals surface area contributed by atoms with Crippen molar-refractivity contribution < 1.29 is 14.4 Å². The standard InChI is InChI=1S/C23H30N6O3/c1-16-6-3-4-7-19(16)25-23(32)26-20-9-12-24-29(20)18-10-14-27(15-11-18)22(31)17(2)28-13-5-8-21(28)30/h3-4,6-7,9,12,17-18H,5,8,10-11,13-15H2,1-2H3,(H2,25,26,32)/t17-/m1/s1. The highest BCUT2D eigenvalue weighted by Gasteiger charge is 2.34. The molecule has 2 aliphatic rings. The Hall–Kier alpha value is -3.36. The van der Waals surface area contributed by atoms with Crippen LogP contribution in [-0.4, -0.2) is 63.1 Å². The van der Waals surface area contributed by atoms with Crippen LogP contribution >= 0.6 is 0 Å². The number of benzene rings is 1. The molecule has 32 heavy (non-hydrogen) atoms. The summed E-state index contributed by atoms with van der Waals surface area (Å²) < 4.78 is 1.83. The molecule has 0 saturated carbocycles. The third kappa shape index (κ3) is 4.61. The summed E-state index contributed by atoms with van der Waals surface area (Å²) in [6.45, 7) is 5.62. The number of para-hydroxylation sites is 1. The number of hydrogen-bond donors (Lipinski definition) is 2. The van der Waals surface area contributed by atoms with E-state index in [1.807, 2.05) is 47.7 Å². The zero-order chi connectivity index (χ0) is 22.7. The van der Waals surface area contributed by atoms with Crippen molar-refractivity contribution in [3.63, 3.8) is 0 Å². The summed E-state index contributed by atoms with van der Waals surface area (Å²) >= 11 is 0. The summed E-state index contributed by atoms with van der Waals surface area (Å²) in [5.41, 5.74) is 1.74. The number of likely N-dealkylation sites (tertiary alicyclic amines) is 2. The predicted molar refractivity (Wildman–Crippen MR) is 121 cm³/mol. The Morgan fingerprint density at radius 2 is 1.84 bits per heavy atom. The topological polar surface area (TPSA) is 99.6 Å². The molecular weight excluding hydrogens is 408 g/mol. The van der Waals surface area contributed by atoms with Gasteiger partial charge in [-0.1, -0.05) is 18.2 Å². The Balaban J connectivity index is 1.33. The van der Waals surface area contributed by atoms with E-state index in [0.29, 0.717) is 31.9 Å². The maximum absolute atomic E-state index is 12.9. The van der Waals surface area contributed by atoms with Gasteiger partial charge in [-0.25, -0.2) is 9.48 Å². The maximum Gasteiger partial charge on any atom is 0.324 e. The molecule has 3 heterocycles. The predicted octanol–water partition coefficient (Wildman–Crippen LogP) is 3.01. The van der Waals surface area contributed by atoms with E-state index in [1.54, 1.807) is 17.2 Å². The van der Waals surface area contributed by atoms with Gasteiger partial charge >= 0.3 is 6.03 Å². The Bertz CT molecular complexity index is 995. The number of anilines is 2. The highest BCUT2D eigenvalue weighted by Crippen LogP contribution is 2.27. The Kier molecular flexibility index (Phi) is 6.43. The van der Waals surface area contributed by atoms with Gasteiger partial charge in [0.2, 0.25) is 11.8 Å². The molecule has 2 aromatic rings. The van der Waals surface area contributed by atoms with Crippen LogP contribution in [0, 0.1) is 6.92 Å². The summed E-state index contributed by atoms with van der Waals surface area (Å²) in [5, 5.41) is 10.2. The Morgan fingerprint density at radius 3 is 2.53 bits per heavy atom. The van der Waals surface area contributed by atoms with Crippen LogP contribution in [0.5, 0.6) is 0 Å². The van der Waals surface area contributed by atoms with Crippen LogP contribution in [-0.2, 0) is 9.59 Å². The lowest BCUT2D eigenvalue weighted by Crippen LogP contribution is -2.50. The summed E-state index contributed by atoms with van der Waals surface area (Å²) in [7, 11) is 0. The lowest BCUT2D eigenvalue weighted by Gasteiger charge is -2.36. The average molecular weight is 439 g/mol. The number of piperidine rings is 1. The molecule has 1 atom stereocenters. The monoisotopic (exact) mass is 438 g/mol. The van der Waals surface area contributed by atoms with Crippen molar-refractivity contribution in [1.82, 2.24) is 19.6 Å². The van der Waals surface area contributed by atoms with Gasteiger partial charge in [-0.2, -0.15) is 5.10 Å². The minimum Gasteiger partial charge on any atom is -0.341 e. The normalized spacial score (nSPS) is 18.0. The quantitative estimate of drug-likeness (QED) is 0.750. The zero-order valence-corrected chi connectivity index (χ0v) is 18.6.